The lowest BCUT2D eigenvalue weighted by atomic mass is 10.1. The Kier molecular flexibility index (Phi) is 7.38. The van der Waals surface area contributed by atoms with Gasteiger partial charge < -0.3 is 14.5 Å². The summed E-state index contributed by atoms with van der Waals surface area (Å²) in [5.41, 5.74) is 4.35. The number of pyridine rings is 1. The van der Waals surface area contributed by atoms with Crippen LogP contribution < -0.4 is 9.47 Å². The lowest BCUT2D eigenvalue weighted by Crippen LogP contribution is -1.98. The molecule has 0 saturated heterocycles. The van der Waals surface area contributed by atoms with Crippen molar-refractivity contribution < 1.29 is 9.47 Å². The SMILES string of the molecule is COc1cc(OCc2ccccn2)ccc1/C=C/CCC/C=C/c1ccc2cc[nH]c2c1. The van der Waals surface area contributed by atoms with Gasteiger partial charge in [-0.3, -0.25) is 4.98 Å². The van der Waals surface area contributed by atoms with Gasteiger partial charge in [0.1, 0.15) is 18.1 Å². The molecule has 4 heteroatoms. The van der Waals surface area contributed by atoms with Gasteiger partial charge in [-0.25, -0.2) is 0 Å². The van der Waals surface area contributed by atoms with E-state index in [1.54, 1.807) is 13.3 Å². The quantitative estimate of drug-likeness (QED) is 0.278. The molecule has 4 rings (SSSR count). The zero-order valence-electron chi connectivity index (χ0n) is 18.3. The molecular formula is C28H28N2O2. The summed E-state index contributed by atoms with van der Waals surface area (Å²) in [7, 11) is 1.69. The molecule has 0 aliphatic heterocycles. The number of benzene rings is 2. The monoisotopic (exact) mass is 424 g/mol. The molecule has 0 spiro atoms. The van der Waals surface area contributed by atoms with Crippen molar-refractivity contribution in [1.82, 2.24) is 9.97 Å². The van der Waals surface area contributed by atoms with Crippen LogP contribution in [0.3, 0.4) is 0 Å². The number of hydrogen-bond donors (Lipinski definition) is 1. The highest BCUT2D eigenvalue weighted by Crippen LogP contribution is 2.26. The van der Waals surface area contributed by atoms with Crippen LogP contribution in [0.2, 0.25) is 0 Å². The van der Waals surface area contributed by atoms with Gasteiger partial charge in [0, 0.05) is 29.5 Å². The number of hydrogen-bond acceptors (Lipinski definition) is 3. The van der Waals surface area contributed by atoms with E-state index in [0.717, 1.165) is 42.0 Å². The highest BCUT2D eigenvalue weighted by molar-refractivity contribution is 5.81. The van der Waals surface area contributed by atoms with Gasteiger partial charge in [-0.15, -0.1) is 0 Å². The smallest absolute Gasteiger partial charge is 0.130 e. The van der Waals surface area contributed by atoms with Crippen molar-refractivity contribution in [3.05, 3.63) is 102 Å². The number of H-pyrrole nitrogens is 1. The fourth-order valence-corrected chi connectivity index (χ4v) is 3.51. The number of unbranched alkanes of at least 4 members (excludes halogenated alkanes) is 2. The van der Waals surface area contributed by atoms with Crippen LogP contribution in [0, 0.1) is 0 Å². The summed E-state index contributed by atoms with van der Waals surface area (Å²) in [4.78, 5) is 7.54. The fraction of sp³-hybridized carbons (Fsp3) is 0.179. The van der Waals surface area contributed by atoms with Gasteiger partial charge in [-0.1, -0.05) is 42.5 Å². The van der Waals surface area contributed by atoms with E-state index in [2.05, 4.69) is 58.5 Å². The van der Waals surface area contributed by atoms with E-state index in [9.17, 15) is 0 Å². The summed E-state index contributed by atoms with van der Waals surface area (Å²) in [6, 6.07) is 20.3. The van der Waals surface area contributed by atoms with Crippen LogP contribution in [0.25, 0.3) is 23.1 Å². The normalized spacial score (nSPS) is 11.5. The van der Waals surface area contributed by atoms with Crippen molar-refractivity contribution in [1.29, 1.82) is 0 Å². The number of ether oxygens (including phenoxy) is 2. The first-order valence-corrected chi connectivity index (χ1v) is 10.9. The van der Waals surface area contributed by atoms with E-state index in [4.69, 9.17) is 9.47 Å². The Labute approximate surface area is 189 Å². The Bertz CT molecular complexity index is 1190. The number of rotatable bonds is 10. The highest BCUT2D eigenvalue weighted by Gasteiger charge is 2.04. The molecule has 0 bridgehead atoms. The van der Waals surface area contributed by atoms with Crippen LogP contribution in [-0.2, 0) is 6.61 Å². The molecule has 162 valence electrons. The van der Waals surface area contributed by atoms with Crippen LogP contribution in [-0.4, -0.2) is 17.1 Å². The summed E-state index contributed by atoms with van der Waals surface area (Å²) in [6.07, 6.45) is 15.7. The summed E-state index contributed by atoms with van der Waals surface area (Å²) < 4.78 is 11.4. The Morgan fingerprint density at radius 2 is 1.84 bits per heavy atom. The molecule has 0 atom stereocenters. The van der Waals surface area contributed by atoms with Gasteiger partial charge in [-0.2, -0.15) is 0 Å². The first-order valence-electron chi connectivity index (χ1n) is 10.9. The van der Waals surface area contributed by atoms with Crippen LogP contribution in [0.15, 0.2) is 85.2 Å². The summed E-state index contributed by atoms with van der Waals surface area (Å²) in [5, 5.41) is 1.25. The third kappa shape index (κ3) is 5.88. The predicted molar refractivity (Wildman–Crippen MR) is 132 cm³/mol. The molecule has 0 amide bonds. The van der Waals surface area contributed by atoms with Crippen LogP contribution in [0.1, 0.15) is 36.1 Å². The number of aromatic nitrogens is 2. The Morgan fingerprint density at radius 1 is 0.938 bits per heavy atom. The standard InChI is InChI=1S/C28H28N2O2/c1-31-28-20-26(32-21-25-11-7-8-17-29-25)15-14-24(28)10-6-4-2-3-5-9-22-12-13-23-16-18-30-27(23)19-22/h5-20,30H,2-4,21H2,1H3/b9-5+,10-6+. The second kappa shape index (κ2) is 11.0. The molecule has 2 aromatic carbocycles. The molecule has 0 aliphatic carbocycles. The average Bonchev–Trinajstić information content (AvgIpc) is 3.31. The topological polar surface area (TPSA) is 47.1 Å². The van der Waals surface area contributed by atoms with Gasteiger partial charge in [0.25, 0.3) is 0 Å². The molecular weight excluding hydrogens is 396 g/mol. The minimum atomic E-state index is 0.436. The lowest BCUT2D eigenvalue weighted by molar-refractivity contribution is 0.299. The van der Waals surface area contributed by atoms with E-state index in [1.165, 1.54) is 16.5 Å². The van der Waals surface area contributed by atoms with Gasteiger partial charge in [-0.05, 0) is 66.6 Å². The van der Waals surface area contributed by atoms with E-state index in [0.29, 0.717) is 6.61 Å². The predicted octanol–water partition coefficient (Wildman–Crippen LogP) is 7.05. The minimum Gasteiger partial charge on any atom is -0.496 e. The van der Waals surface area contributed by atoms with E-state index < -0.39 is 0 Å². The molecule has 2 aromatic heterocycles. The van der Waals surface area contributed by atoms with Crippen LogP contribution in [0.4, 0.5) is 0 Å². The van der Waals surface area contributed by atoms with Crippen molar-refractivity contribution >= 4 is 23.1 Å². The second-order valence-electron chi connectivity index (χ2n) is 7.57. The molecule has 0 fully saturated rings. The Hall–Kier alpha value is -3.79. The molecule has 0 saturated carbocycles. The second-order valence-corrected chi connectivity index (χ2v) is 7.57. The number of methoxy groups -OCH3 is 1. The van der Waals surface area contributed by atoms with Crippen molar-refractivity contribution in [3.63, 3.8) is 0 Å². The third-order valence-corrected chi connectivity index (χ3v) is 5.25. The van der Waals surface area contributed by atoms with E-state index in [1.807, 2.05) is 42.6 Å². The zero-order valence-corrected chi connectivity index (χ0v) is 18.3. The molecule has 1 N–H and O–H groups in total. The fourth-order valence-electron chi connectivity index (χ4n) is 3.51. The Morgan fingerprint density at radius 3 is 2.69 bits per heavy atom. The van der Waals surface area contributed by atoms with E-state index >= 15 is 0 Å². The number of nitrogens with one attached hydrogen (secondary N) is 1. The van der Waals surface area contributed by atoms with Gasteiger partial charge in [0.15, 0.2) is 0 Å². The summed E-state index contributed by atoms with van der Waals surface area (Å²) in [6.45, 7) is 0.436. The molecule has 0 aliphatic rings. The van der Waals surface area contributed by atoms with Crippen molar-refractivity contribution in [3.8, 4) is 11.5 Å². The maximum atomic E-state index is 5.84. The van der Waals surface area contributed by atoms with Crippen molar-refractivity contribution in [2.45, 2.75) is 25.9 Å². The lowest BCUT2D eigenvalue weighted by Gasteiger charge is -2.10. The first-order chi connectivity index (χ1) is 15.8. The maximum Gasteiger partial charge on any atom is 0.130 e. The third-order valence-electron chi connectivity index (χ3n) is 5.25. The minimum absolute atomic E-state index is 0.436. The van der Waals surface area contributed by atoms with Gasteiger partial charge in [0.05, 0.1) is 12.8 Å². The molecule has 32 heavy (non-hydrogen) atoms. The highest BCUT2D eigenvalue weighted by atomic mass is 16.5. The molecule has 2 heterocycles. The number of aromatic amines is 1. The zero-order chi connectivity index (χ0) is 22.0. The van der Waals surface area contributed by atoms with Crippen molar-refractivity contribution in [2.75, 3.05) is 7.11 Å². The summed E-state index contributed by atoms with van der Waals surface area (Å²) in [5.74, 6) is 1.58. The Balaban J connectivity index is 1.24. The molecule has 4 aromatic rings. The number of fused-ring (bicyclic) bond motifs is 1. The number of allylic oxidation sites excluding steroid dienone is 2. The average molecular weight is 425 g/mol. The van der Waals surface area contributed by atoms with Gasteiger partial charge >= 0.3 is 0 Å². The van der Waals surface area contributed by atoms with E-state index in [-0.39, 0.29) is 0 Å². The van der Waals surface area contributed by atoms with Crippen molar-refractivity contribution in [2.24, 2.45) is 0 Å². The summed E-state index contributed by atoms with van der Waals surface area (Å²) >= 11 is 0. The van der Waals surface area contributed by atoms with Gasteiger partial charge in [0.2, 0.25) is 0 Å². The number of nitrogens with zero attached hydrogens (tertiary/aromatic N) is 1. The molecule has 0 radical (unpaired) electrons. The maximum absolute atomic E-state index is 5.84. The van der Waals surface area contributed by atoms with Crippen LogP contribution in [0.5, 0.6) is 11.5 Å². The largest absolute Gasteiger partial charge is 0.496 e. The first kappa shape index (κ1) is 21.4. The van der Waals surface area contributed by atoms with Crippen LogP contribution >= 0.6 is 0 Å². The molecule has 0 unspecified atom stereocenters. The molecule has 4 nitrogen and oxygen atoms in total.